The Bertz CT molecular complexity index is 532. The second kappa shape index (κ2) is 5.37. The summed E-state index contributed by atoms with van der Waals surface area (Å²) in [6.45, 7) is 4.68. The summed E-state index contributed by atoms with van der Waals surface area (Å²) in [5, 5.41) is 0. The van der Waals surface area contributed by atoms with Crippen LogP contribution in [0.25, 0.3) is 0 Å². The molecule has 5 heteroatoms. The van der Waals surface area contributed by atoms with Crippen LogP contribution in [0.5, 0.6) is 0 Å². The summed E-state index contributed by atoms with van der Waals surface area (Å²) in [7, 11) is 0. The van der Waals surface area contributed by atoms with E-state index >= 15 is 0 Å². The molecule has 0 radical (unpaired) electrons. The van der Waals surface area contributed by atoms with Gasteiger partial charge in [-0.15, -0.1) is 0 Å². The van der Waals surface area contributed by atoms with Crippen LogP contribution in [-0.4, -0.2) is 36.5 Å². The summed E-state index contributed by atoms with van der Waals surface area (Å²) in [4.78, 5) is 16.1. The molecular weight excluding hydrogens is 318 g/mol. The van der Waals surface area contributed by atoms with Gasteiger partial charge in [-0.05, 0) is 31.0 Å². The van der Waals surface area contributed by atoms with E-state index in [4.69, 9.17) is 5.73 Å². The number of amides is 1. The predicted octanol–water partition coefficient (Wildman–Crippen LogP) is 2.28. The molecule has 0 bridgehead atoms. The Morgan fingerprint density at radius 3 is 2.90 bits per heavy atom. The molecule has 1 aromatic rings. The Morgan fingerprint density at radius 1 is 1.40 bits per heavy atom. The maximum atomic E-state index is 11.7. The second-order valence-electron chi connectivity index (χ2n) is 5.72. The van der Waals surface area contributed by atoms with Gasteiger partial charge >= 0.3 is 0 Å². The molecule has 0 spiro atoms. The number of nitrogens with zero attached hydrogens (tertiary/aromatic N) is 2. The lowest BCUT2D eigenvalue weighted by molar-refractivity contribution is -0.129. The molecule has 1 amide bonds. The van der Waals surface area contributed by atoms with Gasteiger partial charge in [0.05, 0.1) is 0 Å². The average Bonchev–Trinajstić information content (AvgIpc) is 2.79. The number of rotatable bonds is 2. The third kappa shape index (κ3) is 2.44. The molecule has 2 fully saturated rings. The number of anilines is 1. The molecule has 2 saturated heterocycles. The third-order valence-corrected chi connectivity index (χ3v) is 5.02. The van der Waals surface area contributed by atoms with E-state index in [1.54, 1.807) is 0 Å². The van der Waals surface area contributed by atoms with Crippen LogP contribution >= 0.6 is 15.9 Å². The minimum absolute atomic E-state index is 0.0303. The molecular formula is C15H20BrN3O. The van der Waals surface area contributed by atoms with E-state index in [2.05, 4.69) is 39.0 Å². The number of halogens is 1. The first-order valence-electron chi connectivity index (χ1n) is 7.15. The smallest absolute Gasteiger partial charge is 0.223 e. The highest BCUT2D eigenvalue weighted by Gasteiger charge is 2.35. The topological polar surface area (TPSA) is 49.6 Å². The first-order chi connectivity index (χ1) is 9.56. The number of nitrogens with two attached hydrogens (primary N) is 1. The molecule has 0 aromatic heterocycles. The normalized spacial score (nSPS) is 23.9. The average molecular weight is 338 g/mol. The third-order valence-electron chi connectivity index (χ3n) is 4.33. The zero-order chi connectivity index (χ0) is 14.3. The highest BCUT2D eigenvalue weighted by atomic mass is 79.9. The summed E-state index contributed by atoms with van der Waals surface area (Å²) in [6.07, 6.45) is 1.71. The van der Waals surface area contributed by atoms with Gasteiger partial charge in [-0.2, -0.15) is 0 Å². The maximum Gasteiger partial charge on any atom is 0.223 e. The number of piperazine rings is 1. The van der Waals surface area contributed by atoms with Crippen LogP contribution in [0.2, 0.25) is 0 Å². The summed E-state index contributed by atoms with van der Waals surface area (Å²) in [5.74, 6) is 0.322. The van der Waals surface area contributed by atoms with E-state index in [9.17, 15) is 4.79 Å². The molecule has 20 heavy (non-hydrogen) atoms. The van der Waals surface area contributed by atoms with Crippen LogP contribution in [0.4, 0.5) is 5.69 Å². The minimum Gasteiger partial charge on any atom is -0.368 e. The van der Waals surface area contributed by atoms with Gasteiger partial charge in [0, 0.05) is 48.3 Å². The van der Waals surface area contributed by atoms with Crippen LogP contribution < -0.4 is 10.6 Å². The van der Waals surface area contributed by atoms with E-state index < -0.39 is 0 Å². The zero-order valence-corrected chi connectivity index (χ0v) is 13.3. The van der Waals surface area contributed by atoms with Gasteiger partial charge < -0.3 is 15.5 Å². The van der Waals surface area contributed by atoms with E-state index in [0.29, 0.717) is 18.4 Å². The van der Waals surface area contributed by atoms with Crippen molar-refractivity contribution in [2.45, 2.75) is 31.8 Å². The number of hydrogen-bond donors (Lipinski definition) is 1. The van der Waals surface area contributed by atoms with Crippen molar-refractivity contribution in [2.24, 2.45) is 5.73 Å². The van der Waals surface area contributed by atoms with E-state index in [1.807, 2.05) is 11.8 Å². The summed E-state index contributed by atoms with van der Waals surface area (Å²) in [5.41, 5.74) is 8.28. The quantitative estimate of drug-likeness (QED) is 0.900. The van der Waals surface area contributed by atoms with Crippen LogP contribution in [0, 0.1) is 0 Å². The van der Waals surface area contributed by atoms with Crippen molar-refractivity contribution < 1.29 is 4.79 Å². The number of fused-ring (bicyclic) bond motifs is 1. The Kier molecular flexibility index (Phi) is 3.73. The molecule has 108 valence electrons. The van der Waals surface area contributed by atoms with Crippen molar-refractivity contribution in [1.82, 2.24) is 4.90 Å². The van der Waals surface area contributed by atoms with Crippen LogP contribution in [0.1, 0.15) is 31.4 Å². The summed E-state index contributed by atoms with van der Waals surface area (Å²) < 4.78 is 1.06. The first-order valence-corrected chi connectivity index (χ1v) is 7.95. The SMILES string of the molecule is C[C@@H](N)c1ccc(N2CCN3C(=O)CCC3C2)cc1Br. The zero-order valence-electron chi connectivity index (χ0n) is 11.7. The largest absolute Gasteiger partial charge is 0.368 e. The summed E-state index contributed by atoms with van der Waals surface area (Å²) >= 11 is 3.61. The molecule has 3 rings (SSSR count). The fourth-order valence-electron chi connectivity index (χ4n) is 3.18. The lowest BCUT2D eigenvalue weighted by Crippen LogP contribution is -2.51. The molecule has 2 atom stereocenters. The van der Waals surface area contributed by atoms with Gasteiger partial charge in [-0.3, -0.25) is 4.79 Å². The van der Waals surface area contributed by atoms with E-state index in [-0.39, 0.29) is 6.04 Å². The highest BCUT2D eigenvalue weighted by molar-refractivity contribution is 9.10. The lowest BCUT2D eigenvalue weighted by Gasteiger charge is -2.39. The second-order valence-corrected chi connectivity index (χ2v) is 6.57. The van der Waals surface area contributed by atoms with Gasteiger partial charge in [0.15, 0.2) is 0 Å². The lowest BCUT2D eigenvalue weighted by atomic mass is 10.1. The highest BCUT2D eigenvalue weighted by Crippen LogP contribution is 2.30. The molecule has 0 aliphatic carbocycles. The Hall–Kier alpha value is -1.07. The van der Waals surface area contributed by atoms with Crippen LogP contribution in [-0.2, 0) is 4.79 Å². The van der Waals surface area contributed by atoms with Gasteiger partial charge in [0.2, 0.25) is 5.91 Å². The van der Waals surface area contributed by atoms with Crippen molar-refractivity contribution in [2.75, 3.05) is 24.5 Å². The van der Waals surface area contributed by atoms with E-state index in [1.165, 1.54) is 5.69 Å². The van der Waals surface area contributed by atoms with Crippen LogP contribution in [0.15, 0.2) is 22.7 Å². The Labute approximate surface area is 128 Å². The van der Waals surface area contributed by atoms with Gasteiger partial charge in [-0.25, -0.2) is 0 Å². The maximum absolute atomic E-state index is 11.7. The molecule has 2 aliphatic rings. The number of carbonyl (C=O) groups is 1. The predicted molar refractivity (Wildman–Crippen MR) is 83.7 cm³/mol. The van der Waals surface area contributed by atoms with Crippen LogP contribution in [0.3, 0.4) is 0 Å². The number of carbonyl (C=O) groups excluding carboxylic acids is 1. The van der Waals surface area contributed by atoms with Gasteiger partial charge in [-0.1, -0.05) is 22.0 Å². The molecule has 2 aliphatic heterocycles. The van der Waals surface area contributed by atoms with Crippen molar-refractivity contribution in [3.05, 3.63) is 28.2 Å². The fourth-order valence-corrected chi connectivity index (χ4v) is 3.91. The van der Waals surface area contributed by atoms with Gasteiger partial charge in [0.1, 0.15) is 0 Å². The molecule has 4 nitrogen and oxygen atoms in total. The molecule has 1 aromatic carbocycles. The molecule has 0 saturated carbocycles. The van der Waals surface area contributed by atoms with Crippen molar-refractivity contribution in [1.29, 1.82) is 0 Å². The molecule has 2 N–H and O–H groups in total. The van der Waals surface area contributed by atoms with Crippen molar-refractivity contribution in [3.8, 4) is 0 Å². The minimum atomic E-state index is 0.0303. The Morgan fingerprint density at radius 2 is 2.20 bits per heavy atom. The number of benzene rings is 1. The summed E-state index contributed by atoms with van der Waals surface area (Å²) in [6, 6.07) is 6.79. The van der Waals surface area contributed by atoms with Crippen molar-refractivity contribution in [3.63, 3.8) is 0 Å². The van der Waals surface area contributed by atoms with Crippen molar-refractivity contribution >= 4 is 27.5 Å². The standard InChI is InChI=1S/C15H20BrN3O/c1-10(17)13-4-2-11(8-14(13)16)18-6-7-19-12(9-18)3-5-15(19)20/h2,4,8,10,12H,3,5-7,9,17H2,1H3/t10-,12?/m1/s1. The number of hydrogen-bond acceptors (Lipinski definition) is 3. The molecule has 1 unspecified atom stereocenters. The van der Waals surface area contributed by atoms with Gasteiger partial charge in [0.25, 0.3) is 0 Å². The first kappa shape index (κ1) is 13.9. The fraction of sp³-hybridized carbons (Fsp3) is 0.533. The Balaban J connectivity index is 1.77. The monoisotopic (exact) mass is 337 g/mol. The van der Waals surface area contributed by atoms with E-state index in [0.717, 1.165) is 36.1 Å². The molecule has 2 heterocycles.